The number of carbonyl (C=O) groups is 2. The Hall–Kier alpha value is -4.19. The smallest absolute Gasteiger partial charge is 0.282 e. The van der Waals surface area contributed by atoms with Gasteiger partial charge in [-0.05, 0) is 48.0 Å². The molecule has 6 heteroatoms. The maximum atomic E-state index is 13.4. The van der Waals surface area contributed by atoms with Gasteiger partial charge in [0, 0.05) is 38.0 Å². The van der Waals surface area contributed by atoms with Crippen LogP contribution in [0.5, 0.6) is 0 Å². The van der Waals surface area contributed by atoms with Gasteiger partial charge in [-0.2, -0.15) is 0 Å². The number of hydrogen-bond acceptors (Lipinski definition) is 4. The fourth-order valence-corrected chi connectivity index (χ4v) is 3.46. The van der Waals surface area contributed by atoms with Crippen LogP contribution in [0.2, 0.25) is 0 Å². The Morgan fingerprint density at radius 1 is 0.938 bits per heavy atom. The highest BCUT2D eigenvalue weighted by Gasteiger charge is 2.32. The van der Waals surface area contributed by atoms with Crippen LogP contribution in [-0.2, 0) is 9.59 Å². The average molecular weight is 425 g/mol. The molecule has 6 nitrogen and oxygen atoms in total. The van der Waals surface area contributed by atoms with Crippen LogP contribution in [0.3, 0.4) is 0 Å². The van der Waals surface area contributed by atoms with Crippen molar-refractivity contribution in [1.82, 2.24) is 0 Å². The first kappa shape index (κ1) is 21.1. The van der Waals surface area contributed by atoms with Gasteiger partial charge in [0.25, 0.3) is 5.91 Å². The van der Waals surface area contributed by atoms with Gasteiger partial charge in [0.05, 0.1) is 5.69 Å². The van der Waals surface area contributed by atoms with Gasteiger partial charge in [0.1, 0.15) is 11.5 Å². The van der Waals surface area contributed by atoms with Crippen molar-refractivity contribution in [3.63, 3.8) is 0 Å². The average Bonchev–Trinajstić information content (AvgIpc) is 3.11. The van der Waals surface area contributed by atoms with Crippen LogP contribution in [-0.4, -0.2) is 31.7 Å². The largest absolute Gasteiger partial charge is 0.378 e. The Morgan fingerprint density at radius 3 is 2.19 bits per heavy atom. The van der Waals surface area contributed by atoms with Crippen LogP contribution >= 0.6 is 0 Å². The fourth-order valence-electron chi connectivity index (χ4n) is 3.46. The lowest BCUT2D eigenvalue weighted by Crippen LogP contribution is -2.32. The molecule has 0 radical (unpaired) electrons. The molecule has 1 heterocycles. The second-order valence-corrected chi connectivity index (χ2v) is 7.69. The van der Waals surface area contributed by atoms with E-state index in [1.54, 1.807) is 35.2 Å². The van der Waals surface area contributed by atoms with E-state index in [1.807, 2.05) is 73.6 Å². The number of hydrogen-bond donors (Lipinski definition) is 1. The van der Waals surface area contributed by atoms with Gasteiger partial charge in [0.15, 0.2) is 0 Å². The lowest BCUT2D eigenvalue weighted by atomic mass is 10.1. The van der Waals surface area contributed by atoms with Crippen molar-refractivity contribution in [2.24, 2.45) is 4.99 Å². The van der Waals surface area contributed by atoms with Crippen molar-refractivity contribution >= 4 is 40.8 Å². The minimum Gasteiger partial charge on any atom is -0.378 e. The lowest BCUT2D eigenvalue weighted by Gasteiger charge is -2.19. The van der Waals surface area contributed by atoms with Crippen LogP contribution in [0, 0.1) is 0 Å². The standard InChI is InChI=1S/C26H24N4O2/c1-18(31)27-21-11-15-23(16-12-21)30-25(20-7-5-4-6-8-20)28-24(26(30)32)17-19-9-13-22(14-10-19)29(2)3/h4-17H,1-3H3,(H,27,31)/b24-17-. The van der Waals surface area contributed by atoms with Gasteiger partial charge in [-0.15, -0.1) is 0 Å². The molecule has 0 saturated heterocycles. The van der Waals surface area contributed by atoms with Gasteiger partial charge in [-0.3, -0.25) is 14.5 Å². The maximum Gasteiger partial charge on any atom is 0.282 e. The number of aliphatic imine (C=N–C) groups is 1. The molecule has 1 N–H and O–H groups in total. The molecule has 0 saturated carbocycles. The molecule has 4 rings (SSSR count). The van der Waals surface area contributed by atoms with Crippen LogP contribution < -0.4 is 15.1 Å². The van der Waals surface area contributed by atoms with Crippen molar-refractivity contribution in [1.29, 1.82) is 0 Å². The molecule has 0 aromatic heterocycles. The van der Waals surface area contributed by atoms with Gasteiger partial charge in [-0.25, -0.2) is 4.99 Å². The SMILES string of the molecule is CC(=O)Nc1ccc(N2C(=O)/C(=C/c3ccc(N(C)C)cc3)N=C2c2ccccc2)cc1. The summed E-state index contributed by atoms with van der Waals surface area (Å²) in [7, 11) is 3.97. The summed E-state index contributed by atoms with van der Waals surface area (Å²) in [6.07, 6.45) is 1.80. The fraction of sp³-hybridized carbons (Fsp3) is 0.115. The van der Waals surface area contributed by atoms with Crippen LogP contribution in [0.1, 0.15) is 18.1 Å². The highest BCUT2D eigenvalue weighted by atomic mass is 16.2. The predicted octanol–water partition coefficient (Wildman–Crippen LogP) is 4.55. The Balaban J connectivity index is 1.72. The topological polar surface area (TPSA) is 65.0 Å². The van der Waals surface area contributed by atoms with E-state index in [4.69, 9.17) is 4.99 Å². The molecule has 0 aliphatic carbocycles. The van der Waals surface area contributed by atoms with Gasteiger partial charge in [0.2, 0.25) is 5.91 Å². The van der Waals surface area contributed by atoms with E-state index in [0.29, 0.717) is 22.9 Å². The van der Waals surface area contributed by atoms with E-state index in [9.17, 15) is 9.59 Å². The highest BCUT2D eigenvalue weighted by Crippen LogP contribution is 2.29. The zero-order valence-electron chi connectivity index (χ0n) is 18.2. The molecule has 0 spiro atoms. The number of benzene rings is 3. The third-order valence-corrected chi connectivity index (χ3v) is 5.05. The van der Waals surface area contributed by atoms with E-state index in [1.165, 1.54) is 6.92 Å². The summed E-state index contributed by atoms with van der Waals surface area (Å²) in [6, 6.07) is 24.7. The molecular formula is C26H24N4O2. The third-order valence-electron chi connectivity index (χ3n) is 5.05. The predicted molar refractivity (Wildman–Crippen MR) is 130 cm³/mol. The number of nitrogens with one attached hydrogen (secondary N) is 1. The molecule has 0 atom stereocenters. The molecule has 3 aromatic carbocycles. The van der Waals surface area contributed by atoms with Crippen molar-refractivity contribution in [2.45, 2.75) is 6.92 Å². The van der Waals surface area contributed by atoms with Crippen molar-refractivity contribution in [3.8, 4) is 0 Å². The molecular weight excluding hydrogens is 400 g/mol. The Labute approximate surface area is 187 Å². The molecule has 2 amide bonds. The third kappa shape index (κ3) is 4.44. The molecule has 1 aliphatic rings. The number of amidine groups is 1. The summed E-state index contributed by atoms with van der Waals surface area (Å²) in [6.45, 7) is 1.46. The highest BCUT2D eigenvalue weighted by molar-refractivity contribution is 6.33. The summed E-state index contributed by atoms with van der Waals surface area (Å²) in [4.78, 5) is 33.0. The molecule has 0 bridgehead atoms. The Kier molecular flexibility index (Phi) is 5.85. The van der Waals surface area contributed by atoms with E-state index in [0.717, 1.165) is 16.8 Å². The van der Waals surface area contributed by atoms with Crippen molar-refractivity contribution in [2.75, 3.05) is 29.2 Å². The molecule has 3 aromatic rings. The molecule has 160 valence electrons. The number of nitrogens with zero attached hydrogens (tertiary/aromatic N) is 3. The normalized spacial score (nSPS) is 14.5. The lowest BCUT2D eigenvalue weighted by molar-refractivity contribution is -0.114. The first-order valence-electron chi connectivity index (χ1n) is 10.3. The van der Waals surface area contributed by atoms with E-state index in [-0.39, 0.29) is 11.8 Å². The number of anilines is 3. The van der Waals surface area contributed by atoms with E-state index in [2.05, 4.69) is 5.32 Å². The van der Waals surface area contributed by atoms with E-state index < -0.39 is 0 Å². The minimum atomic E-state index is -0.201. The number of carbonyl (C=O) groups excluding carboxylic acids is 2. The Morgan fingerprint density at radius 2 is 1.59 bits per heavy atom. The molecule has 0 unspecified atom stereocenters. The van der Waals surface area contributed by atoms with Crippen LogP contribution in [0.15, 0.2) is 89.6 Å². The zero-order chi connectivity index (χ0) is 22.7. The van der Waals surface area contributed by atoms with Crippen molar-refractivity contribution < 1.29 is 9.59 Å². The monoisotopic (exact) mass is 424 g/mol. The van der Waals surface area contributed by atoms with Crippen LogP contribution in [0.25, 0.3) is 6.08 Å². The summed E-state index contributed by atoms with van der Waals surface area (Å²) in [5.41, 5.74) is 4.55. The number of amides is 2. The van der Waals surface area contributed by atoms with Crippen molar-refractivity contribution in [3.05, 3.63) is 95.7 Å². The minimum absolute atomic E-state index is 0.146. The quantitative estimate of drug-likeness (QED) is 0.612. The first-order chi connectivity index (χ1) is 15.4. The summed E-state index contributed by atoms with van der Waals surface area (Å²) in [5.74, 6) is 0.221. The van der Waals surface area contributed by atoms with Gasteiger partial charge in [-0.1, -0.05) is 42.5 Å². The summed E-state index contributed by atoms with van der Waals surface area (Å²) in [5, 5.41) is 2.74. The van der Waals surface area contributed by atoms with Gasteiger partial charge < -0.3 is 10.2 Å². The first-order valence-corrected chi connectivity index (χ1v) is 10.3. The summed E-state index contributed by atoms with van der Waals surface area (Å²) >= 11 is 0. The zero-order valence-corrected chi connectivity index (χ0v) is 18.2. The maximum absolute atomic E-state index is 13.4. The second kappa shape index (κ2) is 8.89. The summed E-state index contributed by atoms with van der Waals surface area (Å²) < 4.78 is 0. The van der Waals surface area contributed by atoms with Gasteiger partial charge >= 0.3 is 0 Å². The van der Waals surface area contributed by atoms with E-state index >= 15 is 0 Å². The second-order valence-electron chi connectivity index (χ2n) is 7.69. The number of rotatable bonds is 5. The molecule has 0 fully saturated rings. The molecule has 1 aliphatic heterocycles. The van der Waals surface area contributed by atoms with Crippen LogP contribution in [0.4, 0.5) is 17.1 Å². The molecule has 32 heavy (non-hydrogen) atoms. The Bertz CT molecular complexity index is 1190.